The Kier molecular flexibility index (Phi) is 3.38. The molecule has 2 rings (SSSR count). The van der Waals surface area contributed by atoms with Gasteiger partial charge in [0, 0.05) is 18.9 Å². The number of rotatable bonds is 4. The Morgan fingerprint density at radius 3 is 2.56 bits per heavy atom. The molecule has 0 aliphatic heterocycles. The van der Waals surface area contributed by atoms with E-state index in [1.54, 1.807) is 12.3 Å². The molecule has 1 aromatic heterocycles. The first-order chi connectivity index (χ1) is 7.88. The zero-order valence-electron chi connectivity index (χ0n) is 8.95. The molecule has 3 heteroatoms. The topological polar surface area (TPSA) is 38.0 Å². The summed E-state index contributed by atoms with van der Waals surface area (Å²) in [5.74, 6) is 0. The van der Waals surface area contributed by atoms with E-state index < -0.39 is 0 Å². The van der Waals surface area contributed by atoms with Crippen LogP contribution in [0.3, 0.4) is 0 Å². The van der Waals surface area contributed by atoms with Gasteiger partial charge in [-0.2, -0.15) is 0 Å². The summed E-state index contributed by atoms with van der Waals surface area (Å²) >= 11 is 0. The summed E-state index contributed by atoms with van der Waals surface area (Å²) in [5, 5.41) is 8.56. The lowest BCUT2D eigenvalue weighted by atomic mass is 10.1. The van der Waals surface area contributed by atoms with Crippen LogP contribution in [-0.4, -0.2) is 14.7 Å². The second-order valence-electron chi connectivity index (χ2n) is 3.64. The zero-order valence-corrected chi connectivity index (χ0v) is 8.95. The van der Waals surface area contributed by atoms with Gasteiger partial charge in [-0.05, 0) is 23.6 Å². The first-order valence-corrected chi connectivity index (χ1v) is 5.21. The number of aliphatic hydroxyl groups is 1. The molecule has 1 heterocycles. The molecule has 0 atom stereocenters. The summed E-state index contributed by atoms with van der Waals surface area (Å²) in [6, 6.07) is 8.35. The number of aromatic nitrogens is 2. The number of nitrogens with zero attached hydrogens (tertiary/aromatic N) is 2. The van der Waals surface area contributed by atoms with Gasteiger partial charge in [0.15, 0.2) is 0 Å². The van der Waals surface area contributed by atoms with Gasteiger partial charge in [0.25, 0.3) is 0 Å². The third-order valence-electron chi connectivity index (χ3n) is 2.41. The monoisotopic (exact) mass is 214 g/mol. The van der Waals surface area contributed by atoms with Crippen molar-refractivity contribution < 1.29 is 5.11 Å². The Bertz CT molecular complexity index is 443. The molecule has 0 amide bonds. The maximum Gasteiger partial charge on any atom is 0.0949 e. The molecule has 0 spiro atoms. The van der Waals surface area contributed by atoms with Crippen molar-refractivity contribution in [3.8, 4) is 0 Å². The fourth-order valence-corrected chi connectivity index (χ4v) is 1.56. The minimum Gasteiger partial charge on any atom is -0.516 e. The van der Waals surface area contributed by atoms with E-state index in [0.717, 1.165) is 19.2 Å². The van der Waals surface area contributed by atoms with E-state index in [2.05, 4.69) is 29.2 Å². The summed E-state index contributed by atoms with van der Waals surface area (Å²) < 4.78 is 2.03. The first kappa shape index (κ1) is 10.5. The first-order valence-electron chi connectivity index (χ1n) is 5.21. The largest absolute Gasteiger partial charge is 0.516 e. The molecule has 3 nitrogen and oxygen atoms in total. The summed E-state index contributed by atoms with van der Waals surface area (Å²) in [5.41, 5.74) is 2.44. The van der Waals surface area contributed by atoms with Crippen LogP contribution in [0.5, 0.6) is 0 Å². The molecule has 1 N–H and O–H groups in total. The molecule has 82 valence electrons. The van der Waals surface area contributed by atoms with E-state index in [1.165, 1.54) is 11.1 Å². The molecular formula is C13H14N2O. The highest BCUT2D eigenvalue weighted by Crippen LogP contribution is 2.07. The number of benzene rings is 1. The minimum absolute atomic E-state index is 0.766. The molecular weight excluding hydrogens is 200 g/mol. The van der Waals surface area contributed by atoms with Crippen molar-refractivity contribution in [1.82, 2.24) is 9.55 Å². The number of hydrogen-bond donors (Lipinski definition) is 1. The van der Waals surface area contributed by atoms with Gasteiger partial charge in [0.1, 0.15) is 0 Å². The molecule has 0 bridgehead atoms. The van der Waals surface area contributed by atoms with Gasteiger partial charge in [-0.3, -0.25) is 0 Å². The number of hydrogen-bond acceptors (Lipinski definition) is 2. The van der Waals surface area contributed by atoms with Crippen molar-refractivity contribution in [1.29, 1.82) is 0 Å². The van der Waals surface area contributed by atoms with Gasteiger partial charge in [-0.15, -0.1) is 0 Å². The lowest BCUT2D eigenvalue weighted by molar-refractivity contribution is 0.471. The SMILES string of the molecule is OC=CCc1ccc(Cn2ccnc2)cc1. The Balaban J connectivity index is 2.02. The molecule has 2 aromatic rings. The van der Waals surface area contributed by atoms with E-state index in [9.17, 15) is 0 Å². The summed E-state index contributed by atoms with van der Waals surface area (Å²) in [7, 11) is 0. The Morgan fingerprint density at radius 1 is 1.19 bits per heavy atom. The van der Waals surface area contributed by atoms with Crippen molar-refractivity contribution in [3.63, 3.8) is 0 Å². The van der Waals surface area contributed by atoms with Crippen molar-refractivity contribution in [2.75, 3.05) is 0 Å². The van der Waals surface area contributed by atoms with Crippen LogP contribution in [0.15, 0.2) is 55.3 Å². The number of imidazole rings is 1. The van der Waals surface area contributed by atoms with Gasteiger partial charge in [-0.1, -0.05) is 24.3 Å². The second kappa shape index (κ2) is 5.16. The summed E-state index contributed by atoms with van der Waals surface area (Å²) in [6.45, 7) is 0.843. The molecule has 0 unspecified atom stereocenters. The fraction of sp³-hybridized carbons (Fsp3) is 0.154. The van der Waals surface area contributed by atoms with Crippen molar-refractivity contribution in [3.05, 3.63) is 66.5 Å². The van der Waals surface area contributed by atoms with Crippen molar-refractivity contribution in [2.24, 2.45) is 0 Å². The van der Waals surface area contributed by atoms with Crippen LogP contribution in [0.1, 0.15) is 11.1 Å². The number of aliphatic hydroxyl groups excluding tert-OH is 1. The fourth-order valence-electron chi connectivity index (χ4n) is 1.56. The molecule has 0 saturated heterocycles. The van der Waals surface area contributed by atoms with Crippen molar-refractivity contribution in [2.45, 2.75) is 13.0 Å². The number of allylic oxidation sites excluding steroid dienone is 1. The summed E-state index contributed by atoms with van der Waals surface area (Å²) in [4.78, 5) is 4.00. The van der Waals surface area contributed by atoms with Gasteiger partial charge >= 0.3 is 0 Å². The Labute approximate surface area is 94.7 Å². The van der Waals surface area contributed by atoms with Gasteiger partial charge in [0.05, 0.1) is 12.6 Å². The average molecular weight is 214 g/mol. The van der Waals surface area contributed by atoms with Crippen LogP contribution >= 0.6 is 0 Å². The van der Waals surface area contributed by atoms with Crippen LogP contribution in [0.25, 0.3) is 0 Å². The Hall–Kier alpha value is -2.03. The lowest BCUT2D eigenvalue weighted by Crippen LogP contribution is -1.96. The predicted molar refractivity (Wildman–Crippen MR) is 63.2 cm³/mol. The van der Waals surface area contributed by atoms with E-state index in [-0.39, 0.29) is 0 Å². The highest BCUT2D eigenvalue weighted by molar-refractivity contribution is 5.24. The predicted octanol–water partition coefficient (Wildman–Crippen LogP) is 2.55. The highest BCUT2D eigenvalue weighted by Gasteiger charge is 1.95. The normalized spacial score (nSPS) is 11.0. The van der Waals surface area contributed by atoms with Gasteiger partial charge < -0.3 is 9.67 Å². The van der Waals surface area contributed by atoms with Crippen LogP contribution in [0, 0.1) is 0 Å². The molecule has 1 aromatic carbocycles. The smallest absolute Gasteiger partial charge is 0.0949 e. The van der Waals surface area contributed by atoms with E-state index in [0.29, 0.717) is 0 Å². The molecule has 0 radical (unpaired) electrons. The van der Waals surface area contributed by atoms with Crippen LogP contribution in [0.2, 0.25) is 0 Å². The Morgan fingerprint density at radius 2 is 1.94 bits per heavy atom. The van der Waals surface area contributed by atoms with Crippen LogP contribution in [-0.2, 0) is 13.0 Å². The van der Waals surface area contributed by atoms with Crippen LogP contribution < -0.4 is 0 Å². The molecule has 0 saturated carbocycles. The maximum absolute atomic E-state index is 8.56. The lowest BCUT2D eigenvalue weighted by Gasteiger charge is -2.03. The average Bonchev–Trinajstić information content (AvgIpc) is 2.81. The quantitative estimate of drug-likeness (QED) is 0.794. The molecule has 0 aliphatic carbocycles. The van der Waals surface area contributed by atoms with Crippen LogP contribution in [0.4, 0.5) is 0 Å². The third-order valence-corrected chi connectivity index (χ3v) is 2.41. The van der Waals surface area contributed by atoms with Gasteiger partial charge in [0.2, 0.25) is 0 Å². The van der Waals surface area contributed by atoms with E-state index >= 15 is 0 Å². The van der Waals surface area contributed by atoms with Crippen molar-refractivity contribution >= 4 is 0 Å². The second-order valence-corrected chi connectivity index (χ2v) is 3.64. The van der Waals surface area contributed by atoms with Gasteiger partial charge in [-0.25, -0.2) is 4.98 Å². The molecule has 0 fully saturated rings. The molecule has 0 aliphatic rings. The molecule has 16 heavy (non-hydrogen) atoms. The minimum atomic E-state index is 0.766. The third kappa shape index (κ3) is 2.73. The zero-order chi connectivity index (χ0) is 11.2. The highest BCUT2D eigenvalue weighted by atomic mass is 16.2. The standard InChI is InChI=1S/C13H14N2O/c16-9-1-2-12-3-5-13(6-4-12)10-15-8-7-14-11-15/h1,3-9,11,16H,2,10H2. The summed E-state index contributed by atoms with van der Waals surface area (Å²) in [6.07, 6.45) is 9.11. The van der Waals surface area contributed by atoms with E-state index in [4.69, 9.17) is 5.11 Å². The van der Waals surface area contributed by atoms with E-state index in [1.807, 2.05) is 17.1 Å². The maximum atomic E-state index is 8.56.